The summed E-state index contributed by atoms with van der Waals surface area (Å²) in [5, 5.41) is 5.04. The Bertz CT molecular complexity index is 948. The molecule has 0 spiro atoms. The lowest BCUT2D eigenvalue weighted by atomic mass is 10.2. The van der Waals surface area contributed by atoms with Crippen LogP contribution < -0.4 is 10.2 Å². The van der Waals surface area contributed by atoms with Gasteiger partial charge in [0.05, 0.1) is 6.54 Å². The zero-order valence-corrected chi connectivity index (χ0v) is 16.4. The number of aryl methyl sites for hydroxylation is 1. The normalized spacial score (nSPS) is 12.7. The van der Waals surface area contributed by atoms with Gasteiger partial charge in [-0.05, 0) is 66.2 Å². The van der Waals surface area contributed by atoms with Gasteiger partial charge in [-0.1, -0.05) is 18.2 Å². The lowest BCUT2D eigenvalue weighted by Gasteiger charge is -2.21. The van der Waals surface area contributed by atoms with E-state index in [-0.39, 0.29) is 6.03 Å². The van der Waals surface area contributed by atoms with E-state index in [1.165, 1.54) is 21.7 Å². The van der Waals surface area contributed by atoms with Gasteiger partial charge in [-0.15, -0.1) is 11.3 Å². The highest BCUT2D eigenvalue weighted by Crippen LogP contribution is 2.34. The lowest BCUT2D eigenvalue weighted by molar-refractivity contribution is 0.221. The number of amides is 2. The number of urea groups is 1. The average molecular weight is 378 g/mol. The Morgan fingerprint density at radius 1 is 1.15 bits per heavy atom. The smallest absolute Gasteiger partial charge is 0.321 e. The summed E-state index contributed by atoms with van der Waals surface area (Å²) in [6.07, 6.45) is 1.07. The highest BCUT2D eigenvalue weighted by atomic mass is 32.1. The van der Waals surface area contributed by atoms with Crippen LogP contribution in [0.1, 0.15) is 16.0 Å². The monoisotopic (exact) mass is 377 g/mol. The second-order valence-electron chi connectivity index (χ2n) is 6.89. The molecule has 0 aliphatic carbocycles. The van der Waals surface area contributed by atoms with Crippen molar-refractivity contribution in [2.24, 2.45) is 0 Å². The van der Waals surface area contributed by atoms with Crippen molar-refractivity contribution in [3.8, 4) is 0 Å². The van der Waals surface area contributed by atoms with E-state index >= 15 is 0 Å². The molecule has 0 fully saturated rings. The van der Waals surface area contributed by atoms with E-state index < -0.39 is 0 Å². The van der Waals surface area contributed by atoms with Crippen LogP contribution in [0.4, 0.5) is 21.9 Å². The SMILES string of the molecule is Cc1ccsc1CN(C)C(=O)Nc1ccc(N2CCc3ccccc32)cc1. The number of hydrogen-bond donors (Lipinski definition) is 1. The van der Waals surface area contributed by atoms with Gasteiger partial charge in [-0.25, -0.2) is 4.79 Å². The van der Waals surface area contributed by atoms with Crippen molar-refractivity contribution in [3.63, 3.8) is 0 Å². The van der Waals surface area contributed by atoms with Gasteiger partial charge in [-0.2, -0.15) is 0 Å². The van der Waals surface area contributed by atoms with Crippen LogP contribution in [0.2, 0.25) is 0 Å². The third-order valence-corrected chi connectivity index (χ3v) is 6.02. The Kier molecular flexibility index (Phi) is 4.86. The van der Waals surface area contributed by atoms with Crippen molar-refractivity contribution in [3.05, 3.63) is 76.0 Å². The Balaban J connectivity index is 1.41. The zero-order valence-electron chi connectivity index (χ0n) is 15.6. The molecular weight excluding hydrogens is 354 g/mol. The number of carbonyl (C=O) groups is 1. The van der Waals surface area contributed by atoms with Gasteiger partial charge >= 0.3 is 6.03 Å². The molecule has 138 valence electrons. The summed E-state index contributed by atoms with van der Waals surface area (Å²) < 4.78 is 0. The molecule has 1 aliphatic rings. The first-order chi connectivity index (χ1) is 13.1. The van der Waals surface area contributed by atoms with Crippen LogP contribution in [-0.2, 0) is 13.0 Å². The maximum Gasteiger partial charge on any atom is 0.321 e. The molecule has 4 nitrogen and oxygen atoms in total. The number of hydrogen-bond acceptors (Lipinski definition) is 3. The van der Waals surface area contributed by atoms with Crippen molar-refractivity contribution in [2.45, 2.75) is 19.9 Å². The zero-order chi connectivity index (χ0) is 18.8. The number of anilines is 3. The molecule has 0 unspecified atom stereocenters. The molecule has 3 aromatic rings. The molecule has 0 atom stereocenters. The number of nitrogens with one attached hydrogen (secondary N) is 1. The molecule has 1 N–H and O–H groups in total. The van der Waals surface area contributed by atoms with Crippen molar-refractivity contribution in [1.82, 2.24) is 4.90 Å². The number of benzene rings is 2. The standard InChI is InChI=1S/C22H23N3OS/c1-16-12-14-27-21(16)15-24(2)22(26)23-18-7-9-19(10-8-18)25-13-11-17-5-3-4-6-20(17)25/h3-10,12,14H,11,13,15H2,1-2H3,(H,23,26). The Morgan fingerprint density at radius 3 is 2.67 bits per heavy atom. The maximum atomic E-state index is 12.5. The van der Waals surface area contributed by atoms with E-state index in [1.54, 1.807) is 16.2 Å². The van der Waals surface area contributed by atoms with E-state index in [0.29, 0.717) is 6.54 Å². The average Bonchev–Trinajstić information content (AvgIpc) is 3.29. The van der Waals surface area contributed by atoms with Gasteiger partial charge < -0.3 is 15.1 Å². The van der Waals surface area contributed by atoms with E-state index in [1.807, 2.05) is 19.2 Å². The third-order valence-electron chi connectivity index (χ3n) is 5.01. The maximum absolute atomic E-state index is 12.5. The molecule has 0 radical (unpaired) electrons. The molecule has 2 amide bonds. The van der Waals surface area contributed by atoms with Crippen molar-refractivity contribution in [2.75, 3.05) is 23.8 Å². The molecular formula is C22H23N3OS. The summed E-state index contributed by atoms with van der Waals surface area (Å²) >= 11 is 1.68. The summed E-state index contributed by atoms with van der Waals surface area (Å²) in [7, 11) is 1.82. The fourth-order valence-electron chi connectivity index (χ4n) is 3.40. The third kappa shape index (κ3) is 3.69. The van der Waals surface area contributed by atoms with E-state index in [0.717, 1.165) is 24.3 Å². The van der Waals surface area contributed by atoms with Gasteiger partial charge in [0, 0.05) is 35.5 Å². The van der Waals surface area contributed by atoms with Crippen molar-refractivity contribution in [1.29, 1.82) is 0 Å². The van der Waals surface area contributed by atoms with Crippen molar-refractivity contribution < 1.29 is 4.79 Å². The lowest BCUT2D eigenvalue weighted by Crippen LogP contribution is -2.30. The summed E-state index contributed by atoms with van der Waals surface area (Å²) in [6, 6.07) is 18.6. The largest absolute Gasteiger partial charge is 0.341 e. The van der Waals surface area contributed by atoms with Crippen LogP contribution in [0, 0.1) is 6.92 Å². The number of rotatable bonds is 4. The topological polar surface area (TPSA) is 35.6 Å². The number of thiophene rings is 1. The predicted octanol–water partition coefficient (Wildman–Crippen LogP) is 5.41. The van der Waals surface area contributed by atoms with E-state index in [4.69, 9.17) is 0 Å². The predicted molar refractivity (Wildman–Crippen MR) is 113 cm³/mol. The van der Waals surface area contributed by atoms with Crippen LogP contribution in [0.3, 0.4) is 0 Å². The Morgan fingerprint density at radius 2 is 1.93 bits per heavy atom. The minimum Gasteiger partial charge on any atom is -0.341 e. The van der Waals surface area contributed by atoms with Gasteiger partial charge in [-0.3, -0.25) is 0 Å². The van der Waals surface area contributed by atoms with Gasteiger partial charge in [0.15, 0.2) is 0 Å². The van der Waals surface area contributed by atoms with Gasteiger partial charge in [0.2, 0.25) is 0 Å². The van der Waals surface area contributed by atoms with E-state index in [2.05, 4.69) is 65.0 Å². The second kappa shape index (κ2) is 7.45. The highest BCUT2D eigenvalue weighted by Gasteiger charge is 2.19. The number of carbonyl (C=O) groups excluding carboxylic acids is 1. The van der Waals surface area contributed by atoms with Crippen LogP contribution in [0.15, 0.2) is 60.0 Å². The Labute approximate surface area is 164 Å². The second-order valence-corrected chi connectivity index (χ2v) is 7.89. The fraction of sp³-hybridized carbons (Fsp3) is 0.227. The minimum absolute atomic E-state index is 0.0953. The summed E-state index contributed by atoms with van der Waals surface area (Å²) in [5.74, 6) is 0. The first kappa shape index (κ1) is 17.6. The molecule has 0 saturated heterocycles. The fourth-order valence-corrected chi connectivity index (χ4v) is 4.36. The molecule has 2 aromatic carbocycles. The molecule has 0 saturated carbocycles. The van der Waals surface area contributed by atoms with E-state index in [9.17, 15) is 4.79 Å². The van der Waals surface area contributed by atoms with Crippen LogP contribution in [0.25, 0.3) is 0 Å². The first-order valence-corrected chi connectivity index (χ1v) is 10.0. The van der Waals surface area contributed by atoms with Crippen LogP contribution in [0.5, 0.6) is 0 Å². The van der Waals surface area contributed by atoms with Crippen LogP contribution in [-0.4, -0.2) is 24.5 Å². The number of para-hydroxylation sites is 1. The molecule has 1 aliphatic heterocycles. The molecule has 1 aromatic heterocycles. The van der Waals surface area contributed by atoms with Crippen molar-refractivity contribution >= 4 is 34.4 Å². The minimum atomic E-state index is -0.0953. The molecule has 5 heteroatoms. The molecule has 4 rings (SSSR count). The summed E-state index contributed by atoms with van der Waals surface area (Å²) in [4.78, 5) is 17.7. The van der Waals surface area contributed by atoms with Gasteiger partial charge in [0.1, 0.15) is 0 Å². The van der Waals surface area contributed by atoms with Crippen LogP contribution >= 0.6 is 11.3 Å². The quantitative estimate of drug-likeness (QED) is 0.659. The number of fused-ring (bicyclic) bond motifs is 1. The van der Waals surface area contributed by atoms with Gasteiger partial charge in [0.25, 0.3) is 0 Å². The summed E-state index contributed by atoms with van der Waals surface area (Å²) in [6.45, 7) is 3.69. The molecule has 27 heavy (non-hydrogen) atoms. The number of nitrogens with zero attached hydrogens (tertiary/aromatic N) is 2. The highest BCUT2D eigenvalue weighted by molar-refractivity contribution is 7.10. The molecule has 2 heterocycles. The molecule has 0 bridgehead atoms. The summed E-state index contributed by atoms with van der Waals surface area (Å²) in [5.41, 5.74) is 5.86. The first-order valence-electron chi connectivity index (χ1n) is 9.12. The Hall–Kier alpha value is -2.79.